The molecular weight excluding hydrogens is 408 g/mol. The third-order valence-corrected chi connectivity index (χ3v) is 6.11. The molecule has 2 aliphatic rings. The summed E-state index contributed by atoms with van der Waals surface area (Å²) in [6.45, 7) is 3.38. The molecule has 0 radical (unpaired) electrons. The van der Waals surface area contributed by atoms with Crippen molar-refractivity contribution in [2.75, 3.05) is 13.1 Å². The van der Waals surface area contributed by atoms with E-state index in [4.69, 9.17) is 0 Å². The molecule has 7 nitrogen and oxygen atoms in total. The highest BCUT2D eigenvalue weighted by atomic mass is 19.1. The standard InChI is InChI=1S/C22H23F2N3O4/c1-12-4-5-13(15(23)8-12)9-25-20(30)14-10-27-16-11-26(7-3-6-22(16,2)24)21(31)17(27)19(29)18(14)28/h4-5,8,10,16,29H,3,6-7,9,11H2,1-2H3,(H,25,30)/t16-,22+/m1/s1. The number of alkyl halides is 1. The fraction of sp³-hybridized carbons (Fsp3) is 0.409. The molecule has 3 heterocycles. The number of aromatic hydroxyl groups is 1. The maximum absolute atomic E-state index is 15.4. The number of amides is 2. The van der Waals surface area contributed by atoms with E-state index in [0.29, 0.717) is 13.0 Å². The van der Waals surface area contributed by atoms with Crippen molar-refractivity contribution < 1.29 is 23.5 Å². The van der Waals surface area contributed by atoms with Gasteiger partial charge in [0.05, 0.1) is 6.04 Å². The van der Waals surface area contributed by atoms with Gasteiger partial charge in [-0.1, -0.05) is 12.1 Å². The number of fused-ring (bicyclic) bond motifs is 4. The first-order valence-electron chi connectivity index (χ1n) is 10.1. The van der Waals surface area contributed by atoms with Crippen molar-refractivity contribution in [3.63, 3.8) is 0 Å². The van der Waals surface area contributed by atoms with Crippen LogP contribution in [0, 0.1) is 12.7 Å². The van der Waals surface area contributed by atoms with Gasteiger partial charge in [-0.2, -0.15) is 0 Å². The Kier molecular flexibility index (Phi) is 5.07. The van der Waals surface area contributed by atoms with Gasteiger partial charge in [0.2, 0.25) is 5.43 Å². The molecule has 1 aromatic carbocycles. The summed E-state index contributed by atoms with van der Waals surface area (Å²) >= 11 is 0. The van der Waals surface area contributed by atoms with Gasteiger partial charge in [0.1, 0.15) is 17.0 Å². The molecule has 164 valence electrons. The van der Waals surface area contributed by atoms with E-state index in [1.165, 1.54) is 28.5 Å². The van der Waals surface area contributed by atoms with Crippen LogP contribution in [0.1, 0.15) is 57.8 Å². The van der Waals surface area contributed by atoms with Crippen LogP contribution in [0.5, 0.6) is 5.75 Å². The number of pyridine rings is 1. The molecule has 31 heavy (non-hydrogen) atoms. The van der Waals surface area contributed by atoms with Crippen LogP contribution in [0.4, 0.5) is 8.78 Å². The third kappa shape index (κ3) is 3.58. The lowest BCUT2D eigenvalue weighted by Crippen LogP contribution is -2.48. The first kappa shape index (κ1) is 21.0. The highest BCUT2D eigenvalue weighted by Gasteiger charge is 2.46. The van der Waals surface area contributed by atoms with Crippen molar-refractivity contribution >= 4 is 11.8 Å². The zero-order valence-electron chi connectivity index (χ0n) is 17.2. The molecule has 9 heteroatoms. The maximum atomic E-state index is 15.4. The van der Waals surface area contributed by atoms with E-state index in [1.807, 2.05) is 0 Å². The van der Waals surface area contributed by atoms with E-state index in [9.17, 15) is 23.9 Å². The summed E-state index contributed by atoms with van der Waals surface area (Å²) in [6, 6.07) is 3.69. The van der Waals surface area contributed by atoms with Crippen LogP contribution in [0.15, 0.2) is 29.2 Å². The Balaban J connectivity index is 1.71. The minimum absolute atomic E-state index is 0.0801. The molecule has 0 spiro atoms. The highest BCUT2D eigenvalue weighted by Crippen LogP contribution is 2.40. The Morgan fingerprint density at radius 2 is 2.10 bits per heavy atom. The number of nitrogens with one attached hydrogen (secondary N) is 1. The predicted octanol–water partition coefficient (Wildman–Crippen LogP) is 2.45. The monoisotopic (exact) mass is 431 g/mol. The summed E-state index contributed by atoms with van der Waals surface area (Å²) in [6.07, 6.45) is 1.77. The molecule has 2 amide bonds. The van der Waals surface area contributed by atoms with Crippen molar-refractivity contribution in [2.24, 2.45) is 0 Å². The molecule has 2 N–H and O–H groups in total. The molecule has 0 unspecified atom stereocenters. The first-order valence-corrected chi connectivity index (χ1v) is 10.1. The quantitative estimate of drug-likeness (QED) is 0.781. The smallest absolute Gasteiger partial charge is 0.274 e. The van der Waals surface area contributed by atoms with Gasteiger partial charge >= 0.3 is 0 Å². The number of rotatable bonds is 3. The minimum Gasteiger partial charge on any atom is -0.503 e. The predicted molar refractivity (Wildman–Crippen MR) is 108 cm³/mol. The number of aromatic nitrogens is 1. The Bertz CT molecular complexity index is 1140. The van der Waals surface area contributed by atoms with E-state index >= 15 is 4.39 Å². The van der Waals surface area contributed by atoms with Gasteiger partial charge in [-0.3, -0.25) is 14.4 Å². The molecule has 0 aliphatic carbocycles. The number of carbonyl (C=O) groups excluding carboxylic acids is 2. The number of carbonyl (C=O) groups is 2. The fourth-order valence-corrected chi connectivity index (χ4v) is 4.29. The van der Waals surface area contributed by atoms with Gasteiger partial charge in [-0.15, -0.1) is 0 Å². The summed E-state index contributed by atoms with van der Waals surface area (Å²) in [4.78, 5) is 39.5. The topological polar surface area (TPSA) is 91.6 Å². The van der Waals surface area contributed by atoms with Crippen molar-refractivity contribution in [1.82, 2.24) is 14.8 Å². The molecule has 4 rings (SSSR count). The van der Waals surface area contributed by atoms with Crippen LogP contribution < -0.4 is 10.7 Å². The van der Waals surface area contributed by atoms with Crippen molar-refractivity contribution in [3.05, 3.63) is 62.8 Å². The summed E-state index contributed by atoms with van der Waals surface area (Å²) < 4.78 is 30.6. The zero-order valence-corrected chi connectivity index (χ0v) is 17.2. The third-order valence-electron chi connectivity index (χ3n) is 6.11. The molecular formula is C22H23F2N3O4. The fourth-order valence-electron chi connectivity index (χ4n) is 4.29. The average molecular weight is 431 g/mol. The van der Waals surface area contributed by atoms with Gasteiger partial charge in [0.15, 0.2) is 11.4 Å². The van der Waals surface area contributed by atoms with Crippen LogP contribution in [-0.2, 0) is 6.54 Å². The lowest BCUT2D eigenvalue weighted by atomic mass is 9.92. The van der Waals surface area contributed by atoms with Gasteiger partial charge in [0, 0.05) is 31.4 Å². The second-order valence-electron chi connectivity index (χ2n) is 8.40. The SMILES string of the molecule is Cc1ccc(CNC(=O)c2cn3c(c(O)c2=O)C(=O)N2CCC[C@](C)(F)[C@H]3C2)c(F)c1. The zero-order chi connectivity index (χ0) is 22.5. The lowest BCUT2D eigenvalue weighted by molar-refractivity contribution is 0.0520. The van der Waals surface area contributed by atoms with E-state index in [0.717, 1.165) is 11.8 Å². The number of hydrogen-bond acceptors (Lipinski definition) is 4. The van der Waals surface area contributed by atoms with Crippen molar-refractivity contribution in [1.29, 1.82) is 0 Å². The number of halogens is 2. The van der Waals surface area contributed by atoms with E-state index < -0.39 is 46.1 Å². The number of benzene rings is 1. The van der Waals surface area contributed by atoms with Gasteiger partial charge < -0.3 is 19.9 Å². The molecule has 2 bridgehead atoms. The summed E-state index contributed by atoms with van der Waals surface area (Å²) in [5.74, 6) is -2.80. The van der Waals surface area contributed by atoms with Gasteiger partial charge in [-0.25, -0.2) is 8.78 Å². The van der Waals surface area contributed by atoms with Crippen LogP contribution in [0.25, 0.3) is 0 Å². The molecule has 1 aromatic heterocycles. The summed E-state index contributed by atoms with van der Waals surface area (Å²) in [7, 11) is 0. The Labute approximate surface area is 177 Å². The van der Waals surface area contributed by atoms with Crippen LogP contribution in [0.3, 0.4) is 0 Å². The summed E-state index contributed by atoms with van der Waals surface area (Å²) in [5.41, 5.74) is -2.52. The number of nitrogens with zero attached hydrogens (tertiary/aromatic N) is 2. The number of aryl methyl sites for hydroxylation is 1. The van der Waals surface area contributed by atoms with E-state index in [2.05, 4.69) is 5.32 Å². The molecule has 2 aromatic rings. The first-order chi connectivity index (χ1) is 14.6. The normalized spacial score (nSPS) is 22.6. The molecule has 1 saturated heterocycles. The van der Waals surface area contributed by atoms with E-state index in [-0.39, 0.29) is 30.8 Å². The molecule has 1 fully saturated rings. The Morgan fingerprint density at radius 3 is 2.81 bits per heavy atom. The molecule has 0 saturated carbocycles. The lowest BCUT2D eigenvalue weighted by Gasteiger charge is -2.38. The second-order valence-corrected chi connectivity index (χ2v) is 8.40. The average Bonchev–Trinajstić information content (AvgIpc) is 2.84. The van der Waals surface area contributed by atoms with Crippen LogP contribution >= 0.6 is 0 Å². The van der Waals surface area contributed by atoms with Crippen molar-refractivity contribution in [2.45, 2.75) is 44.9 Å². The van der Waals surface area contributed by atoms with Gasteiger partial charge in [-0.05, 0) is 38.3 Å². The van der Waals surface area contributed by atoms with Gasteiger partial charge in [0.25, 0.3) is 11.8 Å². The Hall–Kier alpha value is -3.23. The molecule has 2 atom stereocenters. The minimum atomic E-state index is -1.70. The summed E-state index contributed by atoms with van der Waals surface area (Å²) in [5, 5.41) is 12.9. The Morgan fingerprint density at radius 1 is 1.35 bits per heavy atom. The maximum Gasteiger partial charge on any atom is 0.274 e. The second kappa shape index (κ2) is 7.47. The van der Waals surface area contributed by atoms with Crippen LogP contribution in [-0.4, -0.2) is 45.1 Å². The molecule has 2 aliphatic heterocycles. The largest absolute Gasteiger partial charge is 0.503 e. The highest BCUT2D eigenvalue weighted by molar-refractivity contribution is 5.99. The van der Waals surface area contributed by atoms with E-state index in [1.54, 1.807) is 13.0 Å². The van der Waals surface area contributed by atoms with Crippen molar-refractivity contribution in [3.8, 4) is 5.75 Å². The number of hydrogen-bond donors (Lipinski definition) is 2. The van der Waals surface area contributed by atoms with Crippen LogP contribution in [0.2, 0.25) is 0 Å².